The zero-order chi connectivity index (χ0) is 19.5. The lowest BCUT2D eigenvalue weighted by atomic mass is 9.90. The molecule has 1 fully saturated rings. The highest BCUT2D eigenvalue weighted by molar-refractivity contribution is 5.92. The van der Waals surface area contributed by atoms with E-state index < -0.39 is 0 Å². The zero-order valence-electron chi connectivity index (χ0n) is 16.5. The van der Waals surface area contributed by atoms with Crippen molar-refractivity contribution in [2.45, 2.75) is 39.0 Å². The SMILES string of the molecule is CC(C)Cc1cc(C(=O)N2CCCC(c3[nH]ncc3-c3ccccc3)C2)n[nH]1. The van der Waals surface area contributed by atoms with Crippen molar-refractivity contribution in [1.82, 2.24) is 25.3 Å². The number of carbonyl (C=O) groups excluding carboxylic acids is 1. The van der Waals surface area contributed by atoms with Crippen LogP contribution in [0, 0.1) is 5.92 Å². The minimum absolute atomic E-state index is 0.0109. The first-order valence-corrected chi connectivity index (χ1v) is 10.0. The Morgan fingerprint density at radius 3 is 2.86 bits per heavy atom. The Morgan fingerprint density at radius 1 is 1.25 bits per heavy atom. The number of carbonyl (C=O) groups is 1. The van der Waals surface area contributed by atoms with E-state index >= 15 is 0 Å². The van der Waals surface area contributed by atoms with Gasteiger partial charge in [0.05, 0.1) is 6.20 Å². The maximum absolute atomic E-state index is 13.0. The smallest absolute Gasteiger partial charge is 0.274 e. The molecule has 3 heterocycles. The van der Waals surface area contributed by atoms with Crippen LogP contribution in [-0.4, -0.2) is 44.3 Å². The van der Waals surface area contributed by atoms with Crippen molar-refractivity contribution < 1.29 is 4.79 Å². The number of likely N-dealkylation sites (tertiary alicyclic amines) is 1. The molecule has 1 aliphatic rings. The number of aromatic nitrogens is 4. The fraction of sp³-hybridized carbons (Fsp3) is 0.409. The van der Waals surface area contributed by atoms with Gasteiger partial charge in [-0.2, -0.15) is 10.2 Å². The largest absolute Gasteiger partial charge is 0.337 e. The third kappa shape index (κ3) is 3.86. The standard InChI is InChI=1S/C22H27N5O/c1-15(2)11-18-12-20(25-24-18)22(28)27-10-6-9-17(14-27)21-19(13-23-26-21)16-7-4-3-5-8-16/h3-5,7-8,12-13,15,17H,6,9-11,14H2,1-2H3,(H,23,26)(H,24,25). The molecule has 0 saturated carbocycles. The van der Waals surface area contributed by atoms with Crippen molar-refractivity contribution in [3.63, 3.8) is 0 Å². The van der Waals surface area contributed by atoms with Crippen LogP contribution < -0.4 is 0 Å². The molecule has 28 heavy (non-hydrogen) atoms. The molecule has 0 spiro atoms. The Bertz CT molecular complexity index is 927. The van der Waals surface area contributed by atoms with Gasteiger partial charge >= 0.3 is 0 Å². The highest BCUT2D eigenvalue weighted by Crippen LogP contribution is 2.33. The van der Waals surface area contributed by atoms with Crippen LogP contribution in [0.1, 0.15) is 54.5 Å². The topological polar surface area (TPSA) is 77.7 Å². The lowest BCUT2D eigenvalue weighted by Gasteiger charge is -2.32. The summed E-state index contributed by atoms with van der Waals surface area (Å²) in [6.45, 7) is 5.78. The second kappa shape index (κ2) is 8.00. The molecule has 0 bridgehead atoms. The van der Waals surface area contributed by atoms with E-state index in [0.717, 1.165) is 48.3 Å². The number of amides is 1. The Kier molecular flexibility index (Phi) is 5.28. The summed E-state index contributed by atoms with van der Waals surface area (Å²) in [6, 6.07) is 12.2. The van der Waals surface area contributed by atoms with Crippen molar-refractivity contribution >= 4 is 5.91 Å². The van der Waals surface area contributed by atoms with Gasteiger partial charge in [-0.1, -0.05) is 44.2 Å². The molecule has 1 aromatic carbocycles. The van der Waals surface area contributed by atoms with Crippen LogP contribution in [0.5, 0.6) is 0 Å². The third-order valence-corrected chi connectivity index (χ3v) is 5.35. The quantitative estimate of drug-likeness (QED) is 0.705. The normalized spacial score (nSPS) is 17.2. The number of benzene rings is 1. The Morgan fingerprint density at radius 2 is 2.07 bits per heavy atom. The van der Waals surface area contributed by atoms with E-state index in [-0.39, 0.29) is 11.8 Å². The second-order valence-electron chi connectivity index (χ2n) is 8.03. The Balaban J connectivity index is 1.50. The summed E-state index contributed by atoms with van der Waals surface area (Å²) in [5, 5.41) is 14.7. The number of piperidine rings is 1. The average Bonchev–Trinajstić information content (AvgIpc) is 3.37. The molecular weight excluding hydrogens is 350 g/mol. The molecule has 1 amide bonds. The lowest BCUT2D eigenvalue weighted by molar-refractivity contribution is 0.0700. The fourth-order valence-electron chi connectivity index (χ4n) is 4.03. The molecule has 1 unspecified atom stereocenters. The van der Waals surface area contributed by atoms with E-state index in [1.807, 2.05) is 35.4 Å². The molecule has 0 radical (unpaired) electrons. The van der Waals surface area contributed by atoms with Gasteiger partial charge in [-0.05, 0) is 36.8 Å². The summed E-state index contributed by atoms with van der Waals surface area (Å²) >= 11 is 0. The number of nitrogens with zero attached hydrogens (tertiary/aromatic N) is 3. The molecule has 2 aromatic heterocycles. The van der Waals surface area contributed by atoms with Crippen LogP contribution in [0.15, 0.2) is 42.6 Å². The van der Waals surface area contributed by atoms with Crippen LogP contribution >= 0.6 is 0 Å². The summed E-state index contributed by atoms with van der Waals surface area (Å²) in [6.07, 6.45) is 4.81. The van der Waals surface area contributed by atoms with E-state index in [9.17, 15) is 4.79 Å². The third-order valence-electron chi connectivity index (χ3n) is 5.35. The van der Waals surface area contributed by atoms with Gasteiger partial charge in [-0.3, -0.25) is 15.0 Å². The molecule has 146 valence electrons. The molecule has 1 saturated heterocycles. The Labute approximate surface area is 165 Å². The number of rotatable bonds is 5. The van der Waals surface area contributed by atoms with Crippen LogP contribution in [0.3, 0.4) is 0 Å². The van der Waals surface area contributed by atoms with E-state index in [1.54, 1.807) is 0 Å². The van der Waals surface area contributed by atoms with Gasteiger partial charge in [0.15, 0.2) is 0 Å². The molecule has 0 aliphatic carbocycles. The predicted molar refractivity (Wildman–Crippen MR) is 109 cm³/mol. The zero-order valence-corrected chi connectivity index (χ0v) is 16.5. The number of nitrogens with one attached hydrogen (secondary N) is 2. The summed E-state index contributed by atoms with van der Waals surface area (Å²) in [5.74, 6) is 0.792. The van der Waals surface area contributed by atoms with Gasteiger partial charge in [0.25, 0.3) is 5.91 Å². The number of aromatic amines is 2. The first-order valence-electron chi connectivity index (χ1n) is 10.0. The predicted octanol–water partition coefficient (Wildman–Crippen LogP) is 4.02. The Hall–Kier alpha value is -2.89. The molecule has 1 aliphatic heterocycles. The molecule has 2 N–H and O–H groups in total. The minimum atomic E-state index is 0.0109. The molecule has 6 nitrogen and oxygen atoms in total. The van der Waals surface area contributed by atoms with Gasteiger partial charge in [-0.15, -0.1) is 0 Å². The molecular formula is C22H27N5O. The number of hydrogen-bond donors (Lipinski definition) is 2. The van der Waals surface area contributed by atoms with Crippen LogP contribution in [-0.2, 0) is 6.42 Å². The first-order chi connectivity index (χ1) is 13.6. The van der Waals surface area contributed by atoms with Crippen LogP contribution in [0.4, 0.5) is 0 Å². The van der Waals surface area contributed by atoms with Crippen LogP contribution in [0.25, 0.3) is 11.1 Å². The van der Waals surface area contributed by atoms with Crippen molar-refractivity contribution in [3.05, 3.63) is 59.7 Å². The van der Waals surface area contributed by atoms with E-state index in [0.29, 0.717) is 18.2 Å². The van der Waals surface area contributed by atoms with Gasteiger partial charge in [0.1, 0.15) is 5.69 Å². The van der Waals surface area contributed by atoms with Gasteiger partial charge < -0.3 is 4.90 Å². The van der Waals surface area contributed by atoms with E-state index in [4.69, 9.17) is 0 Å². The monoisotopic (exact) mass is 377 g/mol. The molecule has 1 atom stereocenters. The van der Waals surface area contributed by atoms with Crippen LogP contribution in [0.2, 0.25) is 0 Å². The minimum Gasteiger partial charge on any atom is -0.337 e. The number of H-pyrrole nitrogens is 2. The number of hydrogen-bond acceptors (Lipinski definition) is 3. The highest BCUT2D eigenvalue weighted by Gasteiger charge is 2.29. The van der Waals surface area contributed by atoms with Crippen molar-refractivity contribution in [3.8, 4) is 11.1 Å². The fourth-order valence-corrected chi connectivity index (χ4v) is 4.03. The first kappa shape index (κ1) is 18.5. The summed E-state index contributed by atoms with van der Waals surface area (Å²) in [5.41, 5.74) is 4.93. The van der Waals surface area contributed by atoms with Gasteiger partial charge in [-0.25, -0.2) is 0 Å². The average molecular weight is 377 g/mol. The van der Waals surface area contributed by atoms with Gasteiger partial charge in [0.2, 0.25) is 0 Å². The maximum Gasteiger partial charge on any atom is 0.274 e. The highest BCUT2D eigenvalue weighted by atomic mass is 16.2. The lowest BCUT2D eigenvalue weighted by Crippen LogP contribution is -2.39. The van der Waals surface area contributed by atoms with E-state index in [1.165, 1.54) is 0 Å². The second-order valence-corrected chi connectivity index (χ2v) is 8.03. The summed E-state index contributed by atoms with van der Waals surface area (Å²) < 4.78 is 0. The van der Waals surface area contributed by atoms with Crippen molar-refractivity contribution in [1.29, 1.82) is 0 Å². The molecule has 4 rings (SSSR count). The maximum atomic E-state index is 13.0. The van der Waals surface area contributed by atoms with E-state index in [2.05, 4.69) is 46.4 Å². The summed E-state index contributed by atoms with van der Waals surface area (Å²) in [4.78, 5) is 14.9. The molecule has 3 aromatic rings. The summed E-state index contributed by atoms with van der Waals surface area (Å²) in [7, 11) is 0. The molecule has 6 heteroatoms. The van der Waals surface area contributed by atoms with Crippen molar-refractivity contribution in [2.75, 3.05) is 13.1 Å². The van der Waals surface area contributed by atoms with Crippen molar-refractivity contribution in [2.24, 2.45) is 5.92 Å². The van der Waals surface area contributed by atoms with Gasteiger partial charge in [0, 0.05) is 36.0 Å².